The van der Waals surface area contributed by atoms with Crippen molar-refractivity contribution in [2.45, 2.75) is 40.0 Å². The Morgan fingerprint density at radius 2 is 1.36 bits per heavy atom. The summed E-state index contributed by atoms with van der Waals surface area (Å²) in [5.74, 6) is 0. The predicted molar refractivity (Wildman–Crippen MR) is 95.4 cm³/mol. The number of hydrogen-bond acceptors (Lipinski definition) is 1. The van der Waals surface area contributed by atoms with Gasteiger partial charge in [0, 0.05) is 16.6 Å². The first-order valence-electron chi connectivity index (χ1n) is 7.85. The van der Waals surface area contributed by atoms with Crippen molar-refractivity contribution < 1.29 is 0 Å². The van der Waals surface area contributed by atoms with Crippen molar-refractivity contribution in [1.82, 2.24) is 4.98 Å². The molecule has 0 atom stereocenters. The van der Waals surface area contributed by atoms with Crippen molar-refractivity contribution in [3.63, 3.8) is 0 Å². The fourth-order valence-corrected chi connectivity index (χ4v) is 2.97. The average molecular weight is 289 g/mol. The molecule has 0 N–H and O–H groups in total. The van der Waals surface area contributed by atoms with E-state index < -0.39 is 0 Å². The maximum Gasteiger partial charge on any atom is 0.0740 e. The molecule has 3 rings (SSSR count). The van der Waals surface area contributed by atoms with E-state index in [0.717, 1.165) is 11.4 Å². The Morgan fingerprint density at radius 3 is 1.95 bits per heavy atom. The fraction of sp³-hybridized carbons (Fsp3) is 0.286. The van der Waals surface area contributed by atoms with Crippen molar-refractivity contribution >= 4 is 10.8 Å². The maximum absolute atomic E-state index is 4.86. The van der Waals surface area contributed by atoms with Crippen LogP contribution in [0.5, 0.6) is 0 Å². The molecule has 2 aromatic carbocycles. The summed E-state index contributed by atoms with van der Waals surface area (Å²) in [4.78, 5) is 4.86. The molecule has 1 heteroatoms. The second-order valence-corrected chi connectivity index (χ2v) is 7.04. The third kappa shape index (κ3) is 2.52. The predicted octanol–water partition coefficient (Wildman–Crippen LogP) is 5.82. The van der Waals surface area contributed by atoms with Crippen molar-refractivity contribution in [2.75, 3.05) is 0 Å². The lowest BCUT2D eigenvalue weighted by Crippen LogP contribution is -2.10. The Morgan fingerprint density at radius 1 is 0.773 bits per heavy atom. The Bertz CT molecular complexity index is 821. The molecule has 22 heavy (non-hydrogen) atoms. The Balaban J connectivity index is 2.16. The highest BCUT2D eigenvalue weighted by molar-refractivity contribution is 5.91. The molecule has 0 fully saturated rings. The summed E-state index contributed by atoms with van der Waals surface area (Å²) < 4.78 is 0. The zero-order chi connectivity index (χ0) is 15.9. The summed E-state index contributed by atoms with van der Waals surface area (Å²) in [6.45, 7) is 11.0. The molecule has 0 spiro atoms. The zero-order valence-electron chi connectivity index (χ0n) is 14.1. The van der Waals surface area contributed by atoms with Crippen molar-refractivity contribution in [2.24, 2.45) is 0 Å². The highest BCUT2D eigenvalue weighted by Crippen LogP contribution is 2.31. The van der Waals surface area contributed by atoms with Crippen LogP contribution >= 0.6 is 0 Å². The van der Waals surface area contributed by atoms with E-state index in [-0.39, 0.29) is 5.41 Å². The normalized spacial score (nSPS) is 11.9. The van der Waals surface area contributed by atoms with Gasteiger partial charge < -0.3 is 0 Å². The van der Waals surface area contributed by atoms with E-state index in [2.05, 4.69) is 83.1 Å². The van der Waals surface area contributed by atoms with Crippen LogP contribution in [0.15, 0.2) is 48.5 Å². The molecule has 0 saturated carbocycles. The van der Waals surface area contributed by atoms with E-state index in [9.17, 15) is 0 Å². The van der Waals surface area contributed by atoms with Gasteiger partial charge in [-0.25, -0.2) is 0 Å². The van der Waals surface area contributed by atoms with E-state index in [1.54, 1.807) is 0 Å². The van der Waals surface area contributed by atoms with E-state index in [1.165, 1.54) is 27.5 Å². The zero-order valence-corrected chi connectivity index (χ0v) is 14.1. The van der Waals surface area contributed by atoms with Crippen LogP contribution in [-0.2, 0) is 5.41 Å². The first-order chi connectivity index (χ1) is 10.4. The summed E-state index contributed by atoms with van der Waals surface area (Å²) >= 11 is 0. The van der Waals surface area contributed by atoms with Gasteiger partial charge in [0.1, 0.15) is 0 Å². The highest BCUT2D eigenvalue weighted by atomic mass is 14.7. The molecule has 3 aromatic rings. The topological polar surface area (TPSA) is 12.9 Å². The third-order valence-electron chi connectivity index (χ3n) is 4.38. The summed E-state index contributed by atoms with van der Waals surface area (Å²) in [5, 5.41) is 2.54. The van der Waals surface area contributed by atoms with Crippen LogP contribution in [0, 0.1) is 13.8 Å². The third-order valence-corrected chi connectivity index (χ3v) is 4.38. The summed E-state index contributed by atoms with van der Waals surface area (Å²) in [6.07, 6.45) is 0. The van der Waals surface area contributed by atoms with Gasteiger partial charge in [0.05, 0.1) is 5.69 Å². The van der Waals surface area contributed by atoms with E-state index in [4.69, 9.17) is 4.98 Å². The molecule has 1 heterocycles. The monoisotopic (exact) mass is 289 g/mol. The Kier molecular flexibility index (Phi) is 3.52. The lowest BCUT2D eigenvalue weighted by molar-refractivity contribution is 0.590. The van der Waals surface area contributed by atoms with Gasteiger partial charge in [-0.05, 0) is 35.8 Å². The van der Waals surface area contributed by atoms with Gasteiger partial charge in [0.2, 0.25) is 0 Å². The second kappa shape index (κ2) is 5.24. The molecule has 0 amide bonds. The van der Waals surface area contributed by atoms with E-state index >= 15 is 0 Å². The largest absolute Gasteiger partial charge is 0.252 e. The number of rotatable bonds is 1. The quantitative estimate of drug-likeness (QED) is 0.550. The number of benzene rings is 2. The van der Waals surface area contributed by atoms with Gasteiger partial charge in [0.25, 0.3) is 0 Å². The smallest absolute Gasteiger partial charge is 0.0740 e. The fourth-order valence-electron chi connectivity index (χ4n) is 2.97. The molecular weight excluding hydrogens is 266 g/mol. The van der Waals surface area contributed by atoms with Crippen LogP contribution in [0.3, 0.4) is 0 Å². The first kappa shape index (κ1) is 14.8. The molecule has 0 unspecified atom stereocenters. The summed E-state index contributed by atoms with van der Waals surface area (Å²) in [5.41, 5.74) is 6.17. The van der Waals surface area contributed by atoms with Gasteiger partial charge >= 0.3 is 0 Å². The van der Waals surface area contributed by atoms with Crippen LogP contribution in [0.4, 0.5) is 0 Å². The van der Waals surface area contributed by atoms with Crippen molar-refractivity contribution in [3.8, 4) is 11.3 Å². The molecule has 0 aliphatic rings. The van der Waals surface area contributed by atoms with Crippen LogP contribution in [0.25, 0.3) is 22.0 Å². The minimum atomic E-state index is 0.181. The van der Waals surface area contributed by atoms with Gasteiger partial charge in [-0.15, -0.1) is 0 Å². The number of hydrogen-bond donors (Lipinski definition) is 0. The first-order valence-corrected chi connectivity index (χ1v) is 7.85. The minimum absolute atomic E-state index is 0.181. The van der Waals surface area contributed by atoms with Gasteiger partial charge in [0.15, 0.2) is 0 Å². The lowest BCUT2D eigenvalue weighted by atomic mass is 9.86. The molecule has 112 valence electrons. The molecular formula is C21H23N. The average Bonchev–Trinajstić information content (AvgIpc) is 2.50. The van der Waals surface area contributed by atoms with E-state index in [1.807, 2.05) is 0 Å². The molecule has 1 aromatic heterocycles. The van der Waals surface area contributed by atoms with Gasteiger partial charge in [-0.2, -0.15) is 0 Å². The van der Waals surface area contributed by atoms with E-state index in [0.29, 0.717) is 0 Å². The summed E-state index contributed by atoms with van der Waals surface area (Å²) in [6, 6.07) is 17.4. The van der Waals surface area contributed by atoms with Crippen LogP contribution in [0.2, 0.25) is 0 Å². The second-order valence-electron chi connectivity index (χ2n) is 7.04. The molecule has 0 bridgehead atoms. The lowest BCUT2D eigenvalue weighted by Gasteiger charge is -2.19. The van der Waals surface area contributed by atoms with Gasteiger partial charge in [-0.1, -0.05) is 69.3 Å². The van der Waals surface area contributed by atoms with Crippen LogP contribution in [0.1, 0.15) is 37.6 Å². The van der Waals surface area contributed by atoms with Gasteiger partial charge in [-0.3, -0.25) is 4.98 Å². The molecule has 1 nitrogen and oxygen atoms in total. The summed E-state index contributed by atoms with van der Waals surface area (Å²) in [7, 11) is 0. The number of fused-ring (bicyclic) bond motifs is 1. The Hall–Kier alpha value is -2.15. The maximum atomic E-state index is 4.86. The standard InChI is InChI=1S/C21H23N/c1-14-18-8-6-7-9-19(18)15(2)22-20(14)16-10-12-17(13-11-16)21(3,4)5/h6-13H,1-5H3. The number of pyridine rings is 1. The molecule has 0 saturated heterocycles. The number of nitrogens with zero attached hydrogens (tertiary/aromatic N) is 1. The van der Waals surface area contributed by atoms with Crippen LogP contribution in [-0.4, -0.2) is 4.98 Å². The molecule has 0 aliphatic carbocycles. The molecule has 0 aliphatic heterocycles. The molecule has 0 radical (unpaired) electrons. The van der Waals surface area contributed by atoms with Crippen molar-refractivity contribution in [1.29, 1.82) is 0 Å². The number of aromatic nitrogens is 1. The SMILES string of the molecule is Cc1nc(-c2ccc(C(C)(C)C)cc2)c(C)c2ccccc12. The minimum Gasteiger partial charge on any atom is -0.252 e. The number of aryl methyl sites for hydroxylation is 2. The van der Waals surface area contributed by atoms with Crippen LogP contribution < -0.4 is 0 Å². The highest BCUT2D eigenvalue weighted by Gasteiger charge is 2.14. The Labute approximate surface area is 133 Å². The van der Waals surface area contributed by atoms with Crippen molar-refractivity contribution in [3.05, 3.63) is 65.4 Å².